The van der Waals surface area contributed by atoms with Gasteiger partial charge in [0, 0.05) is 55.5 Å². The first-order chi connectivity index (χ1) is 22.4. The molecule has 1 N–H and O–H groups in total. The van der Waals surface area contributed by atoms with Crippen LogP contribution in [0.4, 0.5) is 0 Å². The topological polar surface area (TPSA) is 144 Å². The van der Waals surface area contributed by atoms with E-state index in [-0.39, 0.29) is 5.91 Å². The molecule has 2 aliphatic rings. The van der Waals surface area contributed by atoms with Crippen LogP contribution in [0.2, 0.25) is 0 Å². The summed E-state index contributed by atoms with van der Waals surface area (Å²) in [5, 5.41) is 3.00. The normalized spacial score (nSPS) is 22.1. The number of hydrogen-bond donors (Lipinski definition) is 1. The second kappa shape index (κ2) is 14.5. The molecule has 248 valence electrons. The predicted molar refractivity (Wildman–Crippen MR) is 170 cm³/mol. The third kappa shape index (κ3) is 8.63. The fourth-order valence-electron chi connectivity index (χ4n) is 5.46. The first kappa shape index (κ1) is 33.8. The van der Waals surface area contributed by atoms with Crippen LogP contribution in [-0.2, 0) is 49.3 Å². The third-order valence-corrected chi connectivity index (χ3v) is 8.89. The van der Waals surface area contributed by atoms with E-state index in [0.717, 1.165) is 46.2 Å². The number of aryl methyl sites for hydroxylation is 1. The van der Waals surface area contributed by atoms with Gasteiger partial charge in [0.2, 0.25) is 12.4 Å². The SMILES string of the molecule is CC(=O)O[C@H]1OC(c2ccc(C)c(Cc3ccc(-c4ccc(C(=O)NC5CC5)cc4)s3)c2)[C@H](OC(C)=O)[C@@H](OC(C)=O)[C@@H]1OC(C)=O. The smallest absolute Gasteiger partial charge is 0.305 e. The number of carbonyl (C=O) groups excluding carboxylic acids is 5. The van der Waals surface area contributed by atoms with Crippen molar-refractivity contribution in [2.24, 2.45) is 0 Å². The number of esters is 4. The summed E-state index contributed by atoms with van der Waals surface area (Å²) < 4.78 is 28.1. The molecule has 0 radical (unpaired) electrons. The van der Waals surface area contributed by atoms with E-state index in [9.17, 15) is 24.0 Å². The van der Waals surface area contributed by atoms with Gasteiger partial charge in [-0.15, -0.1) is 11.3 Å². The third-order valence-electron chi connectivity index (χ3n) is 7.76. The molecule has 2 fully saturated rings. The maximum Gasteiger partial charge on any atom is 0.305 e. The Kier molecular flexibility index (Phi) is 10.4. The molecule has 1 aliphatic heterocycles. The Balaban J connectivity index is 1.41. The fraction of sp³-hybridized carbons (Fsp3) is 0.400. The van der Waals surface area contributed by atoms with E-state index in [1.54, 1.807) is 17.4 Å². The van der Waals surface area contributed by atoms with Gasteiger partial charge >= 0.3 is 23.9 Å². The van der Waals surface area contributed by atoms with Gasteiger partial charge in [0.15, 0.2) is 12.2 Å². The quantitative estimate of drug-likeness (QED) is 0.234. The van der Waals surface area contributed by atoms with Gasteiger partial charge in [0.25, 0.3) is 5.91 Å². The molecule has 2 heterocycles. The molecule has 1 unspecified atom stereocenters. The van der Waals surface area contributed by atoms with Crippen molar-refractivity contribution in [3.05, 3.63) is 81.7 Å². The average molecular weight is 664 g/mol. The molecule has 1 aliphatic carbocycles. The van der Waals surface area contributed by atoms with E-state index < -0.39 is 54.6 Å². The van der Waals surface area contributed by atoms with Crippen molar-refractivity contribution in [3.63, 3.8) is 0 Å². The lowest BCUT2D eigenvalue weighted by Gasteiger charge is -2.44. The van der Waals surface area contributed by atoms with Gasteiger partial charge in [0.1, 0.15) is 6.10 Å². The largest absolute Gasteiger partial charge is 0.455 e. The number of rotatable bonds is 10. The first-order valence-electron chi connectivity index (χ1n) is 15.3. The number of ether oxygens (including phenoxy) is 5. The van der Waals surface area contributed by atoms with E-state index in [1.165, 1.54) is 20.8 Å². The zero-order chi connectivity index (χ0) is 33.8. The summed E-state index contributed by atoms with van der Waals surface area (Å²) in [4.78, 5) is 63.0. The number of nitrogens with one attached hydrogen (secondary N) is 1. The number of hydrogen-bond acceptors (Lipinski definition) is 11. The van der Waals surface area contributed by atoms with E-state index in [1.807, 2.05) is 49.4 Å². The monoisotopic (exact) mass is 663 g/mol. The van der Waals surface area contributed by atoms with Crippen LogP contribution in [0.5, 0.6) is 0 Å². The molecule has 47 heavy (non-hydrogen) atoms. The van der Waals surface area contributed by atoms with Crippen LogP contribution in [0.15, 0.2) is 54.6 Å². The molecule has 0 spiro atoms. The maximum atomic E-state index is 12.4. The highest BCUT2D eigenvalue weighted by Crippen LogP contribution is 2.39. The summed E-state index contributed by atoms with van der Waals surface area (Å²) in [6, 6.07) is 17.6. The highest BCUT2D eigenvalue weighted by molar-refractivity contribution is 7.15. The molecule has 11 nitrogen and oxygen atoms in total. The molecule has 2 aromatic carbocycles. The summed E-state index contributed by atoms with van der Waals surface area (Å²) in [7, 11) is 0. The van der Waals surface area contributed by atoms with Crippen molar-refractivity contribution in [2.75, 3.05) is 0 Å². The van der Waals surface area contributed by atoms with E-state index >= 15 is 0 Å². The average Bonchev–Trinajstić information content (AvgIpc) is 3.69. The fourth-order valence-corrected chi connectivity index (χ4v) is 6.49. The minimum Gasteiger partial charge on any atom is -0.455 e. The summed E-state index contributed by atoms with van der Waals surface area (Å²) in [6.07, 6.45) is -3.81. The van der Waals surface area contributed by atoms with Crippen LogP contribution in [-0.4, -0.2) is 60.4 Å². The number of thiophene rings is 1. The summed E-state index contributed by atoms with van der Waals surface area (Å²) in [5.74, 6) is -2.91. The number of benzene rings is 2. The van der Waals surface area contributed by atoms with Crippen molar-refractivity contribution in [1.82, 2.24) is 5.32 Å². The minimum atomic E-state index is -1.45. The second-order valence-electron chi connectivity index (χ2n) is 11.7. The van der Waals surface area contributed by atoms with Gasteiger partial charge in [-0.2, -0.15) is 0 Å². The summed E-state index contributed by atoms with van der Waals surface area (Å²) >= 11 is 1.63. The molecular formula is C35H37NO10S. The molecule has 5 atom stereocenters. The van der Waals surface area contributed by atoms with Gasteiger partial charge in [-0.3, -0.25) is 24.0 Å². The predicted octanol–water partition coefficient (Wildman–Crippen LogP) is 4.96. The Morgan fingerprint density at radius 3 is 2.00 bits per heavy atom. The minimum absolute atomic E-state index is 0.0561. The Morgan fingerprint density at radius 1 is 0.766 bits per heavy atom. The lowest BCUT2D eigenvalue weighted by Crippen LogP contribution is -2.59. The Labute approximate surface area is 276 Å². The van der Waals surface area contributed by atoms with Crippen molar-refractivity contribution in [3.8, 4) is 10.4 Å². The highest BCUT2D eigenvalue weighted by atomic mass is 32.1. The van der Waals surface area contributed by atoms with Crippen molar-refractivity contribution < 1.29 is 47.7 Å². The van der Waals surface area contributed by atoms with Crippen molar-refractivity contribution >= 4 is 41.1 Å². The zero-order valence-corrected chi connectivity index (χ0v) is 27.6. The molecule has 1 amide bonds. The van der Waals surface area contributed by atoms with Gasteiger partial charge in [-0.1, -0.05) is 30.3 Å². The highest BCUT2D eigenvalue weighted by Gasteiger charge is 2.53. The molecular weight excluding hydrogens is 626 g/mol. The van der Waals surface area contributed by atoms with Crippen LogP contribution >= 0.6 is 11.3 Å². The van der Waals surface area contributed by atoms with Crippen LogP contribution in [0.3, 0.4) is 0 Å². The summed E-state index contributed by atoms with van der Waals surface area (Å²) in [6.45, 7) is 6.66. The van der Waals surface area contributed by atoms with Gasteiger partial charge < -0.3 is 29.0 Å². The molecule has 3 aromatic rings. The van der Waals surface area contributed by atoms with Crippen molar-refractivity contribution in [2.45, 2.75) is 90.6 Å². The second-order valence-corrected chi connectivity index (χ2v) is 12.9. The molecule has 1 aromatic heterocycles. The van der Waals surface area contributed by atoms with Gasteiger partial charge in [-0.05, 0) is 66.3 Å². The maximum absolute atomic E-state index is 12.4. The van der Waals surface area contributed by atoms with E-state index in [4.69, 9.17) is 23.7 Å². The van der Waals surface area contributed by atoms with Gasteiger partial charge in [0.05, 0.1) is 0 Å². The summed E-state index contributed by atoms with van der Waals surface area (Å²) in [5.41, 5.74) is 4.17. The molecule has 0 bridgehead atoms. The molecule has 1 saturated carbocycles. The lowest BCUT2D eigenvalue weighted by atomic mass is 9.90. The number of carbonyl (C=O) groups is 5. The van der Waals surface area contributed by atoms with Crippen LogP contribution < -0.4 is 5.32 Å². The molecule has 12 heteroatoms. The van der Waals surface area contributed by atoms with Crippen molar-refractivity contribution in [1.29, 1.82) is 0 Å². The van der Waals surface area contributed by atoms with Crippen LogP contribution in [0.1, 0.15) is 78.6 Å². The van der Waals surface area contributed by atoms with Crippen LogP contribution in [0, 0.1) is 6.92 Å². The standard InChI is InChI=1S/C35H37NO10S/c1-18-6-7-25(30-31(42-19(2)37)32(43-20(3)38)33(44-21(4)39)35(46-30)45-22(5)40)16-26(18)17-28-14-15-29(47-28)23-8-10-24(11-9-23)34(41)36-27-12-13-27/h6-11,14-16,27,30-33,35H,12-13,17H2,1-5H3,(H,36,41)/t30?,31-,32+,33-,35-/m0/s1. The van der Waals surface area contributed by atoms with E-state index in [2.05, 4.69) is 11.4 Å². The Morgan fingerprint density at radius 2 is 1.38 bits per heavy atom. The van der Waals surface area contributed by atoms with Gasteiger partial charge in [-0.25, -0.2) is 0 Å². The zero-order valence-electron chi connectivity index (χ0n) is 26.8. The Bertz CT molecular complexity index is 1660. The first-order valence-corrected chi connectivity index (χ1v) is 16.1. The van der Waals surface area contributed by atoms with E-state index in [0.29, 0.717) is 23.6 Å². The van der Waals surface area contributed by atoms with Crippen LogP contribution in [0.25, 0.3) is 10.4 Å². The molecule has 5 rings (SSSR count). The number of amides is 1. The Hall–Kier alpha value is -4.55. The molecule has 1 saturated heterocycles. The lowest BCUT2D eigenvalue weighted by molar-refractivity contribution is -0.298.